The van der Waals surface area contributed by atoms with Crippen molar-refractivity contribution in [1.29, 1.82) is 0 Å². The summed E-state index contributed by atoms with van der Waals surface area (Å²) in [5.74, 6) is -0.202. The average Bonchev–Trinajstić information content (AvgIpc) is 2.54. The summed E-state index contributed by atoms with van der Waals surface area (Å²) in [5, 5.41) is 1.59. The zero-order valence-electron chi connectivity index (χ0n) is 13.2. The van der Waals surface area contributed by atoms with Crippen molar-refractivity contribution in [3.05, 3.63) is 66.2 Å². The van der Waals surface area contributed by atoms with Crippen LogP contribution in [0.25, 0.3) is 21.9 Å². The van der Waals surface area contributed by atoms with Crippen LogP contribution in [0.1, 0.15) is 18.9 Å². The molecular formula is C20H17F3O. The molecule has 0 fully saturated rings. The van der Waals surface area contributed by atoms with Crippen LogP contribution in [-0.2, 0) is 6.42 Å². The number of fused-ring (bicyclic) bond motifs is 1. The molecule has 0 aliphatic rings. The van der Waals surface area contributed by atoms with Gasteiger partial charge < -0.3 is 4.74 Å². The number of halogens is 3. The lowest BCUT2D eigenvalue weighted by Crippen LogP contribution is -2.16. The van der Waals surface area contributed by atoms with Gasteiger partial charge >= 0.3 is 6.36 Å². The van der Waals surface area contributed by atoms with Crippen LogP contribution in [0, 0.1) is 0 Å². The standard InChI is InChI=1S/C20H17F3O/c1-2-3-14-4-6-15(7-5-14)16-8-9-18-13-19(24-20(21,22)23)11-10-17(18)12-16/h4-13H,2-3H2,1H3. The fourth-order valence-electron chi connectivity index (χ4n) is 2.75. The Hall–Kier alpha value is -2.49. The smallest absolute Gasteiger partial charge is 0.406 e. The molecule has 0 radical (unpaired) electrons. The van der Waals surface area contributed by atoms with Crippen molar-refractivity contribution in [3.63, 3.8) is 0 Å². The second kappa shape index (κ2) is 6.56. The van der Waals surface area contributed by atoms with Crippen LogP contribution in [0.15, 0.2) is 60.7 Å². The van der Waals surface area contributed by atoms with E-state index in [1.54, 1.807) is 6.07 Å². The van der Waals surface area contributed by atoms with Gasteiger partial charge in [0.1, 0.15) is 5.75 Å². The van der Waals surface area contributed by atoms with Crippen molar-refractivity contribution >= 4 is 10.8 Å². The van der Waals surface area contributed by atoms with E-state index < -0.39 is 6.36 Å². The molecule has 4 heteroatoms. The molecule has 0 heterocycles. The molecule has 0 spiro atoms. The Balaban J connectivity index is 1.89. The number of rotatable bonds is 4. The van der Waals surface area contributed by atoms with E-state index in [0.717, 1.165) is 29.4 Å². The van der Waals surface area contributed by atoms with Gasteiger partial charge in [0.15, 0.2) is 0 Å². The Morgan fingerprint density at radius 3 is 2.08 bits per heavy atom. The predicted octanol–water partition coefficient (Wildman–Crippen LogP) is 6.36. The van der Waals surface area contributed by atoms with Gasteiger partial charge in [-0.2, -0.15) is 0 Å². The SMILES string of the molecule is CCCc1ccc(-c2ccc3cc(OC(F)(F)F)ccc3c2)cc1. The maximum atomic E-state index is 12.3. The molecule has 0 bridgehead atoms. The van der Waals surface area contributed by atoms with E-state index >= 15 is 0 Å². The lowest BCUT2D eigenvalue weighted by Gasteiger charge is -2.10. The third-order valence-electron chi connectivity index (χ3n) is 3.87. The summed E-state index contributed by atoms with van der Waals surface area (Å²) in [7, 11) is 0. The Morgan fingerprint density at radius 2 is 1.42 bits per heavy atom. The van der Waals surface area contributed by atoms with Crippen LogP contribution in [-0.4, -0.2) is 6.36 Å². The third kappa shape index (κ3) is 3.88. The Bertz CT molecular complexity index is 836. The summed E-state index contributed by atoms with van der Waals surface area (Å²) in [6.45, 7) is 2.15. The van der Waals surface area contributed by atoms with Crippen molar-refractivity contribution in [1.82, 2.24) is 0 Å². The Kier molecular flexibility index (Phi) is 4.47. The molecule has 0 saturated heterocycles. The molecule has 0 aliphatic heterocycles. The minimum absolute atomic E-state index is 0.202. The summed E-state index contributed by atoms with van der Waals surface area (Å²) >= 11 is 0. The van der Waals surface area contributed by atoms with E-state index in [1.807, 2.05) is 18.2 Å². The highest BCUT2D eigenvalue weighted by Crippen LogP contribution is 2.29. The zero-order valence-corrected chi connectivity index (χ0v) is 13.2. The topological polar surface area (TPSA) is 9.23 Å². The first-order valence-electron chi connectivity index (χ1n) is 7.83. The second-order valence-electron chi connectivity index (χ2n) is 5.72. The summed E-state index contributed by atoms with van der Waals surface area (Å²) < 4.78 is 40.8. The third-order valence-corrected chi connectivity index (χ3v) is 3.87. The van der Waals surface area contributed by atoms with Crippen molar-refractivity contribution < 1.29 is 17.9 Å². The van der Waals surface area contributed by atoms with E-state index in [4.69, 9.17) is 0 Å². The molecule has 0 aliphatic carbocycles. The van der Waals surface area contributed by atoms with Gasteiger partial charge in [0, 0.05) is 0 Å². The highest BCUT2D eigenvalue weighted by atomic mass is 19.4. The van der Waals surface area contributed by atoms with Crippen LogP contribution in [0.5, 0.6) is 5.75 Å². The Labute approximate surface area is 138 Å². The van der Waals surface area contributed by atoms with Gasteiger partial charge in [-0.05, 0) is 52.1 Å². The molecule has 0 unspecified atom stereocenters. The minimum Gasteiger partial charge on any atom is -0.406 e. The van der Waals surface area contributed by atoms with Gasteiger partial charge in [0.05, 0.1) is 0 Å². The number of hydrogen-bond donors (Lipinski definition) is 0. The van der Waals surface area contributed by atoms with Gasteiger partial charge in [-0.15, -0.1) is 13.2 Å². The number of alkyl halides is 3. The summed E-state index contributed by atoms with van der Waals surface area (Å²) in [6.07, 6.45) is -2.51. The molecule has 0 aromatic heterocycles. The number of hydrogen-bond acceptors (Lipinski definition) is 1. The summed E-state index contributed by atoms with van der Waals surface area (Å²) in [6, 6.07) is 18.5. The average molecular weight is 330 g/mol. The second-order valence-corrected chi connectivity index (χ2v) is 5.72. The molecule has 1 nitrogen and oxygen atoms in total. The van der Waals surface area contributed by atoms with E-state index in [1.165, 1.54) is 17.7 Å². The zero-order chi connectivity index (χ0) is 17.2. The van der Waals surface area contributed by atoms with Crippen LogP contribution < -0.4 is 4.74 Å². The van der Waals surface area contributed by atoms with E-state index in [2.05, 4.69) is 35.9 Å². The number of aryl methyl sites for hydroxylation is 1. The quantitative estimate of drug-likeness (QED) is 0.541. The molecule has 124 valence electrons. The largest absolute Gasteiger partial charge is 0.573 e. The van der Waals surface area contributed by atoms with E-state index in [-0.39, 0.29) is 5.75 Å². The van der Waals surface area contributed by atoms with Gasteiger partial charge in [0.25, 0.3) is 0 Å². The van der Waals surface area contributed by atoms with E-state index in [9.17, 15) is 13.2 Å². The van der Waals surface area contributed by atoms with Crippen LogP contribution >= 0.6 is 0 Å². The lowest BCUT2D eigenvalue weighted by atomic mass is 9.99. The molecule has 3 rings (SSSR count). The lowest BCUT2D eigenvalue weighted by molar-refractivity contribution is -0.274. The van der Waals surface area contributed by atoms with Crippen LogP contribution in [0.2, 0.25) is 0 Å². The minimum atomic E-state index is -4.67. The van der Waals surface area contributed by atoms with Gasteiger partial charge in [-0.1, -0.05) is 55.8 Å². The molecule has 0 amide bonds. The monoisotopic (exact) mass is 330 g/mol. The van der Waals surface area contributed by atoms with Crippen molar-refractivity contribution in [2.24, 2.45) is 0 Å². The molecule has 24 heavy (non-hydrogen) atoms. The first-order valence-corrected chi connectivity index (χ1v) is 7.83. The first-order chi connectivity index (χ1) is 11.4. The number of benzene rings is 3. The van der Waals surface area contributed by atoms with Gasteiger partial charge in [0.2, 0.25) is 0 Å². The van der Waals surface area contributed by atoms with Crippen molar-refractivity contribution in [2.45, 2.75) is 26.1 Å². The predicted molar refractivity (Wildman–Crippen MR) is 90.1 cm³/mol. The maximum Gasteiger partial charge on any atom is 0.573 e. The molecule has 3 aromatic carbocycles. The molecule has 0 atom stereocenters. The summed E-state index contributed by atoms with van der Waals surface area (Å²) in [5.41, 5.74) is 3.43. The maximum absolute atomic E-state index is 12.3. The fourth-order valence-corrected chi connectivity index (χ4v) is 2.75. The molecule has 0 N–H and O–H groups in total. The molecule has 0 saturated carbocycles. The van der Waals surface area contributed by atoms with Crippen molar-refractivity contribution in [2.75, 3.05) is 0 Å². The summed E-state index contributed by atoms with van der Waals surface area (Å²) in [4.78, 5) is 0. The Morgan fingerprint density at radius 1 is 0.792 bits per heavy atom. The highest BCUT2D eigenvalue weighted by molar-refractivity contribution is 5.88. The fraction of sp³-hybridized carbons (Fsp3) is 0.200. The molecular weight excluding hydrogens is 313 g/mol. The van der Waals surface area contributed by atoms with Gasteiger partial charge in [-0.3, -0.25) is 0 Å². The van der Waals surface area contributed by atoms with Gasteiger partial charge in [-0.25, -0.2) is 0 Å². The normalized spacial score (nSPS) is 11.7. The van der Waals surface area contributed by atoms with E-state index in [0.29, 0.717) is 5.39 Å². The van der Waals surface area contributed by atoms with Crippen LogP contribution in [0.4, 0.5) is 13.2 Å². The number of ether oxygens (including phenoxy) is 1. The van der Waals surface area contributed by atoms with Crippen LogP contribution in [0.3, 0.4) is 0 Å². The molecule has 3 aromatic rings. The first kappa shape index (κ1) is 16.4. The highest BCUT2D eigenvalue weighted by Gasteiger charge is 2.31. The van der Waals surface area contributed by atoms with Crippen molar-refractivity contribution in [3.8, 4) is 16.9 Å².